The van der Waals surface area contributed by atoms with Crippen LogP contribution in [0.1, 0.15) is 20.3 Å². The van der Waals surface area contributed by atoms with Crippen molar-refractivity contribution in [2.75, 3.05) is 0 Å². The fourth-order valence-corrected chi connectivity index (χ4v) is 0. The predicted octanol–water partition coefficient (Wildman–Crippen LogP) is -1.38. The normalized spacial score (nSPS) is 5.00. The molecule has 2 heteroatoms. The van der Waals surface area contributed by atoms with Crippen molar-refractivity contribution in [3.8, 4) is 0 Å². The molecular formula is C4H9BrZn. The quantitative estimate of drug-likeness (QED) is 0.363. The largest absolute Gasteiger partial charge is 2.00 e. The van der Waals surface area contributed by atoms with Gasteiger partial charge in [0, 0.05) is 0 Å². The van der Waals surface area contributed by atoms with Gasteiger partial charge in [-0.3, -0.25) is 0 Å². The van der Waals surface area contributed by atoms with Crippen molar-refractivity contribution in [2.45, 2.75) is 20.3 Å². The molecular weight excluding hydrogens is 193 g/mol. The first kappa shape index (κ1) is 15.7. The molecule has 6 heavy (non-hydrogen) atoms. The molecule has 0 aliphatic heterocycles. The third-order valence-corrected chi connectivity index (χ3v) is 0.408. The Labute approximate surface area is 63.2 Å². The number of hydrogen-bond acceptors (Lipinski definition) is 0. The summed E-state index contributed by atoms with van der Waals surface area (Å²) in [5.74, 6) is 0. The van der Waals surface area contributed by atoms with Gasteiger partial charge in [0.05, 0.1) is 0 Å². The minimum atomic E-state index is 0. The third-order valence-electron chi connectivity index (χ3n) is 0.408. The SMILES string of the molecule is C[CH-]CC.[Br-].[Zn+2]. The van der Waals surface area contributed by atoms with Gasteiger partial charge in [-0.05, 0) is 0 Å². The van der Waals surface area contributed by atoms with Crippen molar-refractivity contribution in [1.29, 1.82) is 0 Å². The van der Waals surface area contributed by atoms with Gasteiger partial charge in [0.15, 0.2) is 0 Å². The van der Waals surface area contributed by atoms with Gasteiger partial charge >= 0.3 is 19.5 Å². The Morgan fingerprint density at radius 3 is 1.67 bits per heavy atom. The molecule has 0 radical (unpaired) electrons. The van der Waals surface area contributed by atoms with E-state index in [1.165, 1.54) is 6.42 Å². The zero-order valence-corrected chi connectivity index (χ0v) is 8.92. The monoisotopic (exact) mass is 200 g/mol. The molecule has 0 aromatic heterocycles. The van der Waals surface area contributed by atoms with E-state index in [-0.39, 0.29) is 36.5 Å². The molecule has 0 aromatic rings. The van der Waals surface area contributed by atoms with Crippen LogP contribution in [0.4, 0.5) is 0 Å². The number of hydrogen-bond donors (Lipinski definition) is 0. The van der Waals surface area contributed by atoms with E-state index in [4.69, 9.17) is 0 Å². The molecule has 0 aliphatic rings. The fraction of sp³-hybridized carbons (Fsp3) is 0.750. The predicted molar refractivity (Wildman–Crippen MR) is 20.3 cm³/mol. The number of unbranched alkanes of at least 4 members (excludes halogenated alkanes) is 1. The van der Waals surface area contributed by atoms with Crippen LogP contribution in [0, 0.1) is 6.42 Å². The van der Waals surface area contributed by atoms with Crippen LogP contribution in [-0.2, 0) is 19.5 Å². The summed E-state index contributed by atoms with van der Waals surface area (Å²) in [5.41, 5.74) is 0. The van der Waals surface area contributed by atoms with Crippen LogP contribution >= 0.6 is 0 Å². The van der Waals surface area contributed by atoms with Gasteiger partial charge in [-0.25, -0.2) is 0 Å². The Morgan fingerprint density at radius 1 is 1.50 bits per heavy atom. The van der Waals surface area contributed by atoms with Gasteiger partial charge in [0.1, 0.15) is 0 Å². The summed E-state index contributed by atoms with van der Waals surface area (Å²) in [7, 11) is 0. The maximum Gasteiger partial charge on any atom is 2.00 e. The van der Waals surface area contributed by atoms with Crippen molar-refractivity contribution in [1.82, 2.24) is 0 Å². The zero-order chi connectivity index (χ0) is 3.41. The van der Waals surface area contributed by atoms with Crippen molar-refractivity contribution in [3.63, 3.8) is 0 Å². The maximum atomic E-state index is 2.12. The molecule has 0 N–H and O–H groups in total. The fourth-order valence-electron chi connectivity index (χ4n) is 0. The maximum absolute atomic E-state index is 2.12. The molecule has 0 nitrogen and oxygen atoms in total. The van der Waals surface area contributed by atoms with Crippen LogP contribution in [0.15, 0.2) is 0 Å². The summed E-state index contributed by atoms with van der Waals surface area (Å²) in [6.07, 6.45) is 3.32. The molecule has 0 heterocycles. The summed E-state index contributed by atoms with van der Waals surface area (Å²) in [5, 5.41) is 0. The van der Waals surface area contributed by atoms with E-state index in [0.29, 0.717) is 0 Å². The van der Waals surface area contributed by atoms with E-state index in [0.717, 1.165) is 0 Å². The smallest absolute Gasteiger partial charge is 1.00 e. The van der Waals surface area contributed by atoms with Gasteiger partial charge < -0.3 is 23.4 Å². The van der Waals surface area contributed by atoms with Crippen LogP contribution in [0.3, 0.4) is 0 Å². The van der Waals surface area contributed by atoms with Gasteiger partial charge in [-0.2, -0.15) is 13.3 Å². The van der Waals surface area contributed by atoms with E-state index in [9.17, 15) is 0 Å². The van der Waals surface area contributed by atoms with E-state index < -0.39 is 0 Å². The standard InChI is InChI=1S/C4H9.BrH.Zn/c1-3-4-2;;/h3H,4H2,1-2H3;1H;/q-1;;+2/p-1. The number of rotatable bonds is 1. The molecule has 0 saturated heterocycles. The summed E-state index contributed by atoms with van der Waals surface area (Å²) in [6.45, 7) is 4.18. The Kier molecular flexibility index (Phi) is 43.2. The van der Waals surface area contributed by atoms with Crippen LogP contribution < -0.4 is 17.0 Å². The third kappa shape index (κ3) is 19.4. The molecule has 0 fully saturated rings. The second-order valence-electron chi connectivity index (χ2n) is 0.816. The van der Waals surface area contributed by atoms with Crippen molar-refractivity contribution in [3.05, 3.63) is 6.42 Å². The van der Waals surface area contributed by atoms with Gasteiger partial charge in [0.25, 0.3) is 0 Å². The minimum absolute atomic E-state index is 0. The molecule has 34 valence electrons. The summed E-state index contributed by atoms with van der Waals surface area (Å²) in [6, 6.07) is 0. The molecule has 0 atom stereocenters. The Hall–Kier alpha value is 1.10. The second-order valence-corrected chi connectivity index (χ2v) is 0.816. The van der Waals surface area contributed by atoms with Crippen molar-refractivity contribution >= 4 is 0 Å². The van der Waals surface area contributed by atoms with Crippen LogP contribution in [0.5, 0.6) is 0 Å². The Morgan fingerprint density at radius 2 is 1.67 bits per heavy atom. The van der Waals surface area contributed by atoms with Crippen molar-refractivity contribution in [2.24, 2.45) is 0 Å². The van der Waals surface area contributed by atoms with Crippen LogP contribution in [0.2, 0.25) is 0 Å². The summed E-state index contributed by atoms with van der Waals surface area (Å²) >= 11 is 0. The zero-order valence-electron chi connectivity index (χ0n) is 4.37. The molecule has 0 rings (SSSR count). The second kappa shape index (κ2) is 16.5. The average Bonchev–Trinajstić information content (AvgIpc) is 1.37. The molecule has 0 spiro atoms. The van der Waals surface area contributed by atoms with E-state index in [1.807, 2.05) is 0 Å². The average molecular weight is 202 g/mol. The van der Waals surface area contributed by atoms with Crippen molar-refractivity contribution < 1.29 is 36.5 Å². The first-order valence-corrected chi connectivity index (χ1v) is 1.69. The van der Waals surface area contributed by atoms with E-state index in [1.54, 1.807) is 0 Å². The molecule has 0 aromatic carbocycles. The van der Waals surface area contributed by atoms with Crippen LogP contribution in [-0.4, -0.2) is 0 Å². The van der Waals surface area contributed by atoms with E-state index in [2.05, 4.69) is 20.3 Å². The first-order chi connectivity index (χ1) is 1.91. The Balaban J connectivity index is -0.0000000450. The van der Waals surface area contributed by atoms with Gasteiger partial charge in [-0.1, -0.05) is 6.92 Å². The molecule has 0 bridgehead atoms. The van der Waals surface area contributed by atoms with E-state index >= 15 is 0 Å². The topological polar surface area (TPSA) is 0 Å². The molecule has 0 aliphatic carbocycles. The van der Waals surface area contributed by atoms with Gasteiger partial charge in [-0.15, -0.1) is 0 Å². The Bertz CT molecular complexity index is 9.51. The summed E-state index contributed by atoms with van der Waals surface area (Å²) < 4.78 is 0. The molecule has 0 unspecified atom stereocenters. The molecule has 0 saturated carbocycles. The molecule has 0 amide bonds. The first-order valence-electron chi connectivity index (χ1n) is 1.69. The van der Waals surface area contributed by atoms with Gasteiger partial charge in [0.2, 0.25) is 0 Å². The number of halogens is 1. The minimum Gasteiger partial charge on any atom is -1.00 e. The van der Waals surface area contributed by atoms with Crippen LogP contribution in [0.25, 0.3) is 0 Å². The summed E-state index contributed by atoms with van der Waals surface area (Å²) in [4.78, 5) is 0.